The molecule has 1 aliphatic heterocycles. The van der Waals surface area contributed by atoms with Crippen molar-refractivity contribution in [3.05, 3.63) is 23.8 Å². The number of hydrogen-bond donors (Lipinski definition) is 2. The Morgan fingerprint density at radius 2 is 2.33 bits per heavy atom. The van der Waals surface area contributed by atoms with Crippen LogP contribution in [0.25, 0.3) is 0 Å². The zero-order valence-corrected chi connectivity index (χ0v) is 8.63. The summed E-state index contributed by atoms with van der Waals surface area (Å²) in [5, 5.41) is 11.2. The van der Waals surface area contributed by atoms with Gasteiger partial charge in [0.05, 0.1) is 12.2 Å². The second-order valence-electron chi connectivity index (χ2n) is 3.23. The molecule has 2 N–H and O–H groups in total. The zero-order valence-electron chi connectivity index (χ0n) is 7.82. The second-order valence-corrected chi connectivity index (χ2v) is 4.28. The highest BCUT2D eigenvalue weighted by Crippen LogP contribution is 2.28. The number of hydrogen-bond acceptors (Lipinski definition) is 3. The van der Waals surface area contributed by atoms with Gasteiger partial charge in [-0.2, -0.15) is 0 Å². The highest BCUT2D eigenvalue weighted by molar-refractivity contribution is 8.00. The summed E-state index contributed by atoms with van der Waals surface area (Å²) >= 11 is 1.26. The van der Waals surface area contributed by atoms with Crippen molar-refractivity contribution in [3.63, 3.8) is 0 Å². The second kappa shape index (κ2) is 3.94. The number of rotatable bonds is 3. The van der Waals surface area contributed by atoms with E-state index in [9.17, 15) is 9.59 Å². The van der Waals surface area contributed by atoms with Crippen LogP contribution in [0.3, 0.4) is 0 Å². The first-order valence-corrected chi connectivity index (χ1v) is 5.41. The summed E-state index contributed by atoms with van der Waals surface area (Å²) in [6.45, 7) is 0. The van der Waals surface area contributed by atoms with E-state index in [1.165, 1.54) is 11.8 Å². The zero-order chi connectivity index (χ0) is 10.8. The molecule has 1 aromatic carbocycles. The number of aliphatic carboxylic acids is 1. The molecule has 1 heterocycles. The summed E-state index contributed by atoms with van der Waals surface area (Å²) in [6.07, 6.45) is 0.386. The third-order valence-electron chi connectivity index (χ3n) is 2.06. The van der Waals surface area contributed by atoms with E-state index >= 15 is 0 Å². The van der Waals surface area contributed by atoms with Crippen LogP contribution in [0, 0.1) is 0 Å². The highest BCUT2D eigenvalue weighted by atomic mass is 32.2. The van der Waals surface area contributed by atoms with Gasteiger partial charge in [0.15, 0.2) is 0 Å². The molecule has 0 aliphatic carbocycles. The lowest BCUT2D eigenvalue weighted by atomic mass is 10.2. The molecular formula is C10H9NO3S. The van der Waals surface area contributed by atoms with Crippen molar-refractivity contribution in [2.75, 3.05) is 11.1 Å². The molecule has 0 bridgehead atoms. The molecule has 15 heavy (non-hydrogen) atoms. The van der Waals surface area contributed by atoms with Gasteiger partial charge in [-0.1, -0.05) is 0 Å². The number of benzene rings is 1. The van der Waals surface area contributed by atoms with Gasteiger partial charge in [-0.05, 0) is 23.8 Å². The lowest BCUT2D eigenvalue weighted by molar-refractivity contribution is -0.133. The Kier molecular flexibility index (Phi) is 2.64. The van der Waals surface area contributed by atoms with Crippen LogP contribution < -0.4 is 5.32 Å². The third-order valence-corrected chi connectivity index (χ3v) is 3.04. The Morgan fingerprint density at radius 1 is 1.53 bits per heavy atom. The number of thioether (sulfide) groups is 1. The standard InChI is InChI=1S/C10H9NO3S/c12-9-4-6-3-7(15-5-10(13)14)1-2-8(6)11-9/h1-3H,4-5H2,(H,11,12)(H,13,14). The molecule has 0 aromatic heterocycles. The number of nitrogens with one attached hydrogen (secondary N) is 1. The minimum atomic E-state index is -0.838. The van der Waals surface area contributed by atoms with Gasteiger partial charge in [0, 0.05) is 10.6 Å². The van der Waals surface area contributed by atoms with Crippen LogP contribution in [0.15, 0.2) is 23.1 Å². The Morgan fingerprint density at radius 3 is 3.07 bits per heavy atom. The largest absolute Gasteiger partial charge is 0.481 e. The molecule has 0 saturated carbocycles. The minimum Gasteiger partial charge on any atom is -0.481 e. The van der Waals surface area contributed by atoms with Crippen molar-refractivity contribution in [1.29, 1.82) is 0 Å². The SMILES string of the molecule is O=C(O)CSc1ccc2c(c1)CC(=O)N2. The van der Waals surface area contributed by atoms with Gasteiger partial charge in [-0.15, -0.1) is 11.8 Å². The number of carbonyl (C=O) groups excluding carboxylic acids is 1. The molecule has 78 valence electrons. The first-order valence-electron chi connectivity index (χ1n) is 4.42. The van der Waals surface area contributed by atoms with Crippen LogP contribution in [-0.2, 0) is 16.0 Å². The van der Waals surface area contributed by atoms with E-state index in [1.54, 1.807) is 0 Å². The first kappa shape index (κ1) is 10.0. The summed E-state index contributed by atoms with van der Waals surface area (Å²) in [5.41, 5.74) is 1.77. The summed E-state index contributed by atoms with van der Waals surface area (Å²) < 4.78 is 0. The summed E-state index contributed by atoms with van der Waals surface area (Å²) in [6, 6.07) is 5.49. The molecule has 4 nitrogen and oxygen atoms in total. The van der Waals surface area contributed by atoms with Crippen LogP contribution in [0.5, 0.6) is 0 Å². The van der Waals surface area contributed by atoms with Crippen molar-refractivity contribution in [1.82, 2.24) is 0 Å². The molecule has 0 radical (unpaired) electrons. The predicted octanol–water partition coefficient (Wildman–Crippen LogP) is 1.36. The van der Waals surface area contributed by atoms with Gasteiger partial charge in [-0.3, -0.25) is 9.59 Å². The Balaban J connectivity index is 2.13. The Hall–Kier alpha value is -1.49. The maximum Gasteiger partial charge on any atom is 0.313 e. The van der Waals surface area contributed by atoms with Crippen molar-refractivity contribution in [3.8, 4) is 0 Å². The van der Waals surface area contributed by atoms with Crippen molar-refractivity contribution in [2.45, 2.75) is 11.3 Å². The van der Waals surface area contributed by atoms with Crippen molar-refractivity contribution < 1.29 is 14.7 Å². The molecule has 0 spiro atoms. The van der Waals surface area contributed by atoms with Crippen molar-refractivity contribution in [2.24, 2.45) is 0 Å². The molecule has 1 amide bonds. The van der Waals surface area contributed by atoms with Crippen LogP contribution >= 0.6 is 11.8 Å². The van der Waals surface area contributed by atoms with Crippen molar-refractivity contribution >= 4 is 29.3 Å². The topological polar surface area (TPSA) is 66.4 Å². The minimum absolute atomic E-state index is 0.00890. The van der Waals surface area contributed by atoms with Gasteiger partial charge in [0.1, 0.15) is 0 Å². The van der Waals surface area contributed by atoms with Gasteiger partial charge in [0.25, 0.3) is 0 Å². The molecule has 0 saturated heterocycles. The van der Waals surface area contributed by atoms with E-state index in [2.05, 4.69) is 5.32 Å². The molecule has 0 unspecified atom stereocenters. The Labute approximate surface area is 90.7 Å². The molecule has 0 atom stereocenters. The van der Waals surface area contributed by atoms with Crippen LogP contribution in [0.1, 0.15) is 5.56 Å². The highest BCUT2D eigenvalue weighted by Gasteiger charge is 2.17. The number of carbonyl (C=O) groups is 2. The lowest BCUT2D eigenvalue weighted by Gasteiger charge is -2.01. The molecule has 2 rings (SSSR count). The summed E-state index contributed by atoms with van der Waals surface area (Å²) in [5.74, 6) is -0.805. The Bertz CT molecular complexity index is 431. The number of fused-ring (bicyclic) bond motifs is 1. The maximum absolute atomic E-state index is 11.1. The van der Waals surface area contributed by atoms with Crippen LogP contribution in [0.4, 0.5) is 5.69 Å². The van der Waals surface area contributed by atoms with Gasteiger partial charge < -0.3 is 10.4 Å². The number of anilines is 1. The van der Waals surface area contributed by atoms with Crippen LogP contribution in [0.2, 0.25) is 0 Å². The molecule has 1 aromatic rings. The average Bonchev–Trinajstić information content (AvgIpc) is 2.53. The molecule has 1 aliphatic rings. The van der Waals surface area contributed by atoms with Crippen LogP contribution in [-0.4, -0.2) is 22.7 Å². The molecule has 0 fully saturated rings. The number of amides is 1. The predicted molar refractivity (Wildman–Crippen MR) is 57.1 cm³/mol. The van der Waals surface area contributed by atoms with Gasteiger partial charge in [-0.25, -0.2) is 0 Å². The molecule has 5 heteroatoms. The maximum atomic E-state index is 11.1. The van der Waals surface area contributed by atoms with E-state index in [0.29, 0.717) is 6.42 Å². The fraction of sp³-hybridized carbons (Fsp3) is 0.200. The smallest absolute Gasteiger partial charge is 0.313 e. The number of carboxylic acids is 1. The quantitative estimate of drug-likeness (QED) is 0.759. The fourth-order valence-corrected chi connectivity index (χ4v) is 2.12. The monoisotopic (exact) mass is 223 g/mol. The van der Waals surface area contributed by atoms with E-state index < -0.39 is 5.97 Å². The normalized spacial score (nSPS) is 13.5. The van der Waals surface area contributed by atoms with E-state index in [-0.39, 0.29) is 11.7 Å². The van der Waals surface area contributed by atoms with E-state index in [1.807, 2.05) is 18.2 Å². The first-order chi connectivity index (χ1) is 7.15. The van der Waals surface area contributed by atoms with E-state index in [0.717, 1.165) is 16.1 Å². The average molecular weight is 223 g/mol. The van der Waals surface area contributed by atoms with E-state index in [4.69, 9.17) is 5.11 Å². The number of carboxylic acid groups (broad SMARTS) is 1. The molecular weight excluding hydrogens is 214 g/mol. The summed E-state index contributed by atoms with van der Waals surface area (Å²) in [4.78, 5) is 22.3. The third kappa shape index (κ3) is 2.30. The van der Waals surface area contributed by atoms with Gasteiger partial charge >= 0.3 is 5.97 Å². The fourth-order valence-electron chi connectivity index (χ4n) is 1.44. The summed E-state index contributed by atoms with van der Waals surface area (Å²) in [7, 11) is 0. The lowest BCUT2D eigenvalue weighted by Crippen LogP contribution is -2.03. The van der Waals surface area contributed by atoms with Gasteiger partial charge in [0.2, 0.25) is 5.91 Å².